The second kappa shape index (κ2) is 6.82. The van der Waals surface area contributed by atoms with Crippen molar-refractivity contribution in [3.8, 4) is 0 Å². The van der Waals surface area contributed by atoms with Crippen LogP contribution >= 0.6 is 11.3 Å². The van der Waals surface area contributed by atoms with Gasteiger partial charge < -0.3 is 4.90 Å². The van der Waals surface area contributed by atoms with Gasteiger partial charge >= 0.3 is 0 Å². The second-order valence-corrected chi connectivity index (χ2v) is 5.26. The summed E-state index contributed by atoms with van der Waals surface area (Å²) in [6.07, 6.45) is 5.00. The number of benzene rings is 1. The van der Waals surface area contributed by atoms with E-state index in [-0.39, 0.29) is 5.91 Å². The van der Waals surface area contributed by atoms with Crippen molar-refractivity contribution < 1.29 is 4.79 Å². The van der Waals surface area contributed by atoms with Gasteiger partial charge in [-0.25, -0.2) is 4.98 Å². The van der Waals surface area contributed by atoms with Crippen molar-refractivity contribution in [2.24, 2.45) is 0 Å². The van der Waals surface area contributed by atoms with E-state index in [9.17, 15) is 4.79 Å². The third-order valence-electron chi connectivity index (χ3n) is 2.68. The van der Waals surface area contributed by atoms with Crippen LogP contribution in [0.2, 0.25) is 0 Å². The van der Waals surface area contributed by atoms with Crippen LogP contribution in [0.3, 0.4) is 0 Å². The molecule has 0 aliphatic heterocycles. The molecule has 102 valence electrons. The topological polar surface area (TPSA) is 33.2 Å². The summed E-state index contributed by atoms with van der Waals surface area (Å²) < 4.78 is 0. The number of hydrogen-bond donors (Lipinski definition) is 0. The van der Waals surface area contributed by atoms with Crippen LogP contribution in [-0.4, -0.2) is 17.4 Å². The SMILES string of the molecule is C=CCN(C(=O)/C=C/c1csc(C)n1)c1ccccc1. The van der Waals surface area contributed by atoms with Gasteiger partial charge in [-0.3, -0.25) is 4.79 Å². The van der Waals surface area contributed by atoms with Crippen molar-refractivity contribution in [1.82, 2.24) is 4.98 Å². The molecule has 4 heteroatoms. The Balaban J connectivity index is 2.15. The third-order valence-corrected chi connectivity index (χ3v) is 3.47. The summed E-state index contributed by atoms with van der Waals surface area (Å²) in [6, 6.07) is 9.55. The normalized spacial score (nSPS) is 10.7. The lowest BCUT2D eigenvalue weighted by Gasteiger charge is -2.19. The van der Waals surface area contributed by atoms with Crippen molar-refractivity contribution in [3.63, 3.8) is 0 Å². The van der Waals surface area contributed by atoms with E-state index in [0.29, 0.717) is 6.54 Å². The number of anilines is 1. The van der Waals surface area contributed by atoms with E-state index in [1.807, 2.05) is 42.6 Å². The van der Waals surface area contributed by atoms with E-state index in [2.05, 4.69) is 11.6 Å². The molecular weight excluding hydrogens is 268 g/mol. The highest BCUT2D eigenvalue weighted by molar-refractivity contribution is 7.09. The molecule has 3 nitrogen and oxygen atoms in total. The maximum absolute atomic E-state index is 12.3. The first-order valence-electron chi connectivity index (χ1n) is 6.28. The molecule has 20 heavy (non-hydrogen) atoms. The lowest BCUT2D eigenvalue weighted by molar-refractivity contribution is -0.114. The first-order chi connectivity index (χ1) is 9.70. The molecule has 0 fully saturated rings. The molecule has 2 rings (SSSR count). The minimum Gasteiger partial charge on any atom is -0.305 e. The van der Waals surface area contributed by atoms with E-state index < -0.39 is 0 Å². The van der Waals surface area contributed by atoms with Crippen LogP contribution in [0.25, 0.3) is 6.08 Å². The molecule has 2 aromatic rings. The first kappa shape index (κ1) is 14.2. The summed E-state index contributed by atoms with van der Waals surface area (Å²) in [4.78, 5) is 18.3. The number of aryl methyl sites for hydroxylation is 1. The number of thiazole rings is 1. The Bertz CT molecular complexity index is 616. The fourth-order valence-corrected chi connectivity index (χ4v) is 2.34. The van der Waals surface area contributed by atoms with Crippen LogP contribution in [0, 0.1) is 6.92 Å². The number of carbonyl (C=O) groups is 1. The zero-order chi connectivity index (χ0) is 14.4. The summed E-state index contributed by atoms with van der Waals surface area (Å²) in [5.74, 6) is -0.0817. The van der Waals surface area contributed by atoms with Gasteiger partial charge in [0.15, 0.2) is 0 Å². The zero-order valence-electron chi connectivity index (χ0n) is 11.3. The summed E-state index contributed by atoms with van der Waals surface area (Å²) in [5.41, 5.74) is 1.67. The number of para-hydroxylation sites is 1. The molecule has 0 aliphatic carbocycles. The van der Waals surface area contributed by atoms with E-state index in [4.69, 9.17) is 0 Å². The van der Waals surface area contributed by atoms with Gasteiger partial charge in [0.2, 0.25) is 0 Å². The van der Waals surface area contributed by atoms with Gasteiger partial charge in [0.25, 0.3) is 5.91 Å². The van der Waals surface area contributed by atoms with Gasteiger partial charge in [-0.1, -0.05) is 24.3 Å². The molecule has 1 aromatic carbocycles. The molecule has 0 radical (unpaired) electrons. The summed E-state index contributed by atoms with van der Waals surface area (Å²) in [6.45, 7) is 6.12. The largest absolute Gasteiger partial charge is 0.305 e. The highest BCUT2D eigenvalue weighted by Gasteiger charge is 2.10. The predicted molar refractivity (Wildman–Crippen MR) is 84.9 cm³/mol. The Hall–Kier alpha value is -2.20. The molecular formula is C16H16N2OS. The molecule has 0 saturated carbocycles. The lowest BCUT2D eigenvalue weighted by atomic mass is 10.2. The van der Waals surface area contributed by atoms with Gasteiger partial charge in [0.05, 0.1) is 10.7 Å². The van der Waals surface area contributed by atoms with Gasteiger partial charge in [-0.15, -0.1) is 17.9 Å². The average molecular weight is 284 g/mol. The summed E-state index contributed by atoms with van der Waals surface area (Å²) >= 11 is 1.57. The van der Waals surface area contributed by atoms with Crippen molar-refractivity contribution in [3.05, 3.63) is 65.1 Å². The minimum absolute atomic E-state index is 0.0817. The number of amides is 1. The van der Waals surface area contributed by atoms with E-state index >= 15 is 0 Å². The van der Waals surface area contributed by atoms with Crippen LogP contribution in [0.4, 0.5) is 5.69 Å². The quantitative estimate of drug-likeness (QED) is 0.620. The number of rotatable bonds is 5. The van der Waals surface area contributed by atoms with Crippen LogP contribution in [0.1, 0.15) is 10.7 Å². The minimum atomic E-state index is -0.0817. The van der Waals surface area contributed by atoms with Gasteiger partial charge in [-0.2, -0.15) is 0 Å². The first-order valence-corrected chi connectivity index (χ1v) is 7.16. The maximum Gasteiger partial charge on any atom is 0.251 e. The molecule has 1 heterocycles. The van der Waals surface area contributed by atoms with Crippen LogP contribution in [-0.2, 0) is 4.79 Å². The Morgan fingerprint density at radius 3 is 2.75 bits per heavy atom. The molecule has 0 spiro atoms. The molecule has 0 saturated heterocycles. The Morgan fingerprint density at radius 2 is 2.15 bits per heavy atom. The molecule has 0 unspecified atom stereocenters. The second-order valence-electron chi connectivity index (χ2n) is 4.20. The Labute approximate surface area is 122 Å². The lowest BCUT2D eigenvalue weighted by Crippen LogP contribution is -2.29. The molecule has 0 aliphatic rings. The molecule has 0 N–H and O–H groups in total. The van der Waals surface area contributed by atoms with Crippen molar-refractivity contribution in [1.29, 1.82) is 0 Å². The maximum atomic E-state index is 12.3. The van der Waals surface area contributed by atoms with Gasteiger partial charge in [0, 0.05) is 23.7 Å². The van der Waals surface area contributed by atoms with Crippen molar-refractivity contribution >= 4 is 29.0 Å². The zero-order valence-corrected chi connectivity index (χ0v) is 12.1. The van der Waals surface area contributed by atoms with Gasteiger partial charge in [-0.05, 0) is 25.1 Å². The van der Waals surface area contributed by atoms with Crippen LogP contribution in [0.5, 0.6) is 0 Å². The van der Waals surface area contributed by atoms with E-state index in [0.717, 1.165) is 16.4 Å². The van der Waals surface area contributed by atoms with Gasteiger partial charge in [0.1, 0.15) is 0 Å². The van der Waals surface area contributed by atoms with Crippen LogP contribution in [0.15, 0.2) is 54.4 Å². The standard InChI is InChI=1S/C16H16N2OS/c1-3-11-18(15-7-5-4-6-8-15)16(19)10-9-14-12-20-13(2)17-14/h3-10,12H,1,11H2,2H3/b10-9+. The van der Waals surface area contributed by atoms with E-state index in [1.165, 1.54) is 0 Å². The third kappa shape index (κ3) is 3.65. The molecule has 1 aromatic heterocycles. The molecule has 0 bridgehead atoms. The van der Waals surface area contributed by atoms with E-state index in [1.54, 1.807) is 34.5 Å². The fraction of sp³-hybridized carbons (Fsp3) is 0.125. The highest BCUT2D eigenvalue weighted by atomic mass is 32.1. The average Bonchev–Trinajstić information content (AvgIpc) is 2.89. The summed E-state index contributed by atoms with van der Waals surface area (Å²) in [7, 11) is 0. The van der Waals surface area contributed by atoms with Crippen LogP contribution < -0.4 is 4.90 Å². The highest BCUT2D eigenvalue weighted by Crippen LogP contribution is 2.15. The fourth-order valence-electron chi connectivity index (χ4n) is 1.76. The Morgan fingerprint density at radius 1 is 1.40 bits per heavy atom. The number of hydrogen-bond acceptors (Lipinski definition) is 3. The molecule has 1 amide bonds. The number of aromatic nitrogens is 1. The van der Waals surface area contributed by atoms with Crippen molar-refractivity contribution in [2.45, 2.75) is 6.92 Å². The smallest absolute Gasteiger partial charge is 0.251 e. The monoisotopic (exact) mass is 284 g/mol. The van der Waals surface area contributed by atoms with Crippen molar-refractivity contribution in [2.75, 3.05) is 11.4 Å². The molecule has 0 atom stereocenters. The number of carbonyl (C=O) groups excluding carboxylic acids is 1. The number of nitrogens with zero attached hydrogens (tertiary/aromatic N) is 2. The summed E-state index contributed by atoms with van der Waals surface area (Å²) in [5, 5.41) is 2.92. The Kier molecular flexibility index (Phi) is 4.85. The predicted octanol–water partition coefficient (Wildman–Crippen LogP) is 3.68.